The number of nitrogens with zero attached hydrogens (tertiary/aromatic N) is 3. The Labute approximate surface area is 108 Å². The molecule has 102 valence electrons. The summed E-state index contributed by atoms with van der Waals surface area (Å²) in [6.45, 7) is 3.74. The number of sulfone groups is 1. The van der Waals surface area contributed by atoms with E-state index < -0.39 is 9.84 Å². The molecule has 1 aliphatic rings. The van der Waals surface area contributed by atoms with Gasteiger partial charge in [-0.1, -0.05) is 12.8 Å². The van der Waals surface area contributed by atoms with E-state index in [-0.39, 0.29) is 28.8 Å². The molecule has 2 N–H and O–H groups in total. The van der Waals surface area contributed by atoms with Crippen LogP contribution in [0.2, 0.25) is 0 Å². The van der Waals surface area contributed by atoms with Gasteiger partial charge in [-0.3, -0.25) is 4.57 Å². The first kappa shape index (κ1) is 13.3. The van der Waals surface area contributed by atoms with Gasteiger partial charge in [0.15, 0.2) is 0 Å². The zero-order valence-corrected chi connectivity index (χ0v) is 11.7. The summed E-state index contributed by atoms with van der Waals surface area (Å²) in [6.07, 6.45) is 4.23. The Morgan fingerprint density at radius 3 is 2.50 bits per heavy atom. The third-order valence-corrected chi connectivity index (χ3v) is 5.16. The van der Waals surface area contributed by atoms with Crippen LogP contribution in [0.1, 0.15) is 45.6 Å². The van der Waals surface area contributed by atoms with Gasteiger partial charge in [0.05, 0.1) is 5.75 Å². The monoisotopic (exact) mass is 272 g/mol. The van der Waals surface area contributed by atoms with Crippen molar-refractivity contribution >= 4 is 15.8 Å². The fourth-order valence-corrected chi connectivity index (χ4v) is 4.42. The van der Waals surface area contributed by atoms with E-state index in [1.54, 1.807) is 0 Å². The van der Waals surface area contributed by atoms with Gasteiger partial charge < -0.3 is 5.73 Å². The molecule has 1 aromatic heterocycles. The molecule has 0 saturated heterocycles. The summed E-state index contributed by atoms with van der Waals surface area (Å²) in [7, 11) is -3.39. The van der Waals surface area contributed by atoms with E-state index in [0.717, 1.165) is 25.7 Å². The second-order valence-corrected chi connectivity index (χ2v) is 7.16. The highest BCUT2D eigenvalue weighted by Gasteiger charge is 2.29. The highest BCUT2D eigenvalue weighted by molar-refractivity contribution is 7.91. The van der Waals surface area contributed by atoms with Crippen molar-refractivity contribution in [3.8, 4) is 0 Å². The second kappa shape index (κ2) is 4.87. The summed E-state index contributed by atoms with van der Waals surface area (Å²) in [5, 5.41) is 7.46. The standard InChI is InChI=1S/C11H20N4O2S/c1-8(2)15-10(12)13-14-11(15)18(16,17)7-9-5-3-4-6-9/h8-9H,3-7H2,1-2H3,(H2,12,13). The van der Waals surface area contributed by atoms with Crippen molar-refractivity contribution in [2.45, 2.75) is 50.7 Å². The molecule has 6 nitrogen and oxygen atoms in total. The molecule has 1 aliphatic carbocycles. The van der Waals surface area contributed by atoms with Gasteiger partial charge in [-0.25, -0.2) is 8.42 Å². The highest BCUT2D eigenvalue weighted by atomic mass is 32.2. The molecule has 1 saturated carbocycles. The van der Waals surface area contributed by atoms with Crippen molar-refractivity contribution in [2.24, 2.45) is 5.92 Å². The number of nitrogen functional groups attached to an aromatic ring is 1. The predicted octanol–water partition coefficient (Wildman–Crippen LogP) is 1.41. The Kier molecular flexibility index (Phi) is 3.61. The topological polar surface area (TPSA) is 90.9 Å². The lowest BCUT2D eigenvalue weighted by Crippen LogP contribution is -2.20. The molecule has 1 fully saturated rings. The average molecular weight is 272 g/mol. The number of hydrogen-bond acceptors (Lipinski definition) is 5. The summed E-state index contributed by atoms with van der Waals surface area (Å²) in [4.78, 5) is 0. The van der Waals surface area contributed by atoms with Gasteiger partial charge in [-0.15, -0.1) is 10.2 Å². The molecule has 0 spiro atoms. The Hall–Kier alpha value is -1.11. The molecule has 18 heavy (non-hydrogen) atoms. The fourth-order valence-electron chi connectivity index (χ4n) is 2.55. The van der Waals surface area contributed by atoms with Crippen molar-refractivity contribution in [1.29, 1.82) is 0 Å². The van der Waals surface area contributed by atoms with Crippen LogP contribution in [0.25, 0.3) is 0 Å². The van der Waals surface area contributed by atoms with Crippen molar-refractivity contribution in [1.82, 2.24) is 14.8 Å². The lowest BCUT2D eigenvalue weighted by atomic mass is 10.1. The maximum Gasteiger partial charge on any atom is 0.251 e. The van der Waals surface area contributed by atoms with Gasteiger partial charge in [-0.05, 0) is 32.6 Å². The van der Waals surface area contributed by atoms with Gasteiger partial charge in [0, 0.05) is 6.04 Å². The van der Waals surface area contributed by atoms with Crippen molar-refractivity contribution in [3.63, 3.8) is 0 Å². The minimum atomic E-state index is -3.39. The molecule has 0 bridgehead atoms. The number of rotatable bonds is 4. The maximum atomic E-state index is 12.3. The molecule has 0 aromatic carbocycles. The van der Waals surface area contributed by atoms with Gasteiger partial charge in [0.2, 0.25) is 15.8 Å². The van der Waals surface area contributed by atoms with Crippen LogP contribution in [0.3, 0.4) is 0 Å². The Balaban J connectivity index is 2.29. The van der Waals surface area contributed by atoms with Gasteiger partial charge in [-0.2, -0.15) is 0 Å². The zero-order valence-electron chi connectivity index (χ0n) is 10.8. The summed E-state index contributed by atoms with van der Waals surface area (Å²) in [6, 6.07) is -0.0617. The third-order valence-electron chi connectivity index (χ3n) is 3.42. The first-order valence-electron chi connectivity index (χ1n) is 6.35. The Morgan fingerprint density at radius 2 is 1.94 bits per heavy atom. The van der Waals surface area contributed by atoms with Crippen LogP contribution < -0.4 is 5.73 Å². The smallest absolute Gasteiger partial charge is 0.251 e. The SMILES string of the molecule is CC(C)n1c(N)nnc1S(=O)(=O)CC1CCCC1. The van der Waals surface area contributed by atoms with Crippen LogP contribution in [0.5, 0.6) is 0 Å². The number of aromatic nitrogens is 3. The van der Waals surface area contributed by atoms with E-state index >= 15 is 0 Å². The van der Waals surface area contributed by atoms with Crippen LogP contribution >= 0.6 is 0 Å². The molecule has 2 rings (SSSR count). The number of nitrogens with two attached hydrogens (primary N) is 1. The molecule has 1 heterocycles. The van der Waals surface area contributed by atoms with Crippen molar-refractivity contribution < 1.29 is 8.42 Å². The lowest BCUT2D eigenvalue weighted by Gasteiger charge is -2.13. The maximum absolute atomic E-state index is 12.3. The van der Waals surface area contributed by atoms with E-state index in [2.05, 4.69) is 10.2 Å². The minimum absolute atomic E-state index is 0.0156. The van der Waals surface area contributed by atoms with E-state index in [1.807, 2.05) is 13.8 Å². The number of hydrogen-bond donors (Lipinski definition) is 1. The van der Waals surface area contributed by atoms with Crippen LogP contribution in [-0.4, -0.2) is 28.9 Å². The average Bonchev–Trinajstić information content (AvgIpc) is 2.86. The molecule has 0 atom stereocenters. The predicted molar refractivity (Wildman–Crippen MR) is 68.8 cm³/mol. The first-order valence-corrected chi connectivity index (χ1v) is 8.00. The third kappa shape index (κ3) is 2.50. The molecular formula is C11H20N4O2S. The van der Waals surface area contributed by atoms with Crippen LogP contribution in [0, 0.1) is 5.92 Å². The molecular weight excluding hydrogens is 252 g/mol. The zero-order chi connectivity index (χ0) is 13.3. The van der Waals surface area contributed by atoms with Crippen molar-refractivity contribution in [2.75, 3.05) is 11.5 Å². The van der Waals surface area contributed by atoms with E-state index in [4.69, 9.17) is 5.73 Å². The van der Waals surface area contributed by atoms with Crippen molar-refractivity contribution in [3.05, 3.63) is 0 Å². The van der Waals surface area contributed by atoms with Gasteiger partial charge >= 0.3 is 0 Å². The number of anilines is 1. The molecule has 0 aliphatic heterocycles. The Morgan fingerprint density at radius 1 is 1.33 bits per heavy atom. The van der Waals surface area contributed by atoms with E-state index in [9.17, 15) is 8.42 Å². The van der Waals surface area contributed by atoms with Crippen LogP contribution in [0.4, 0.5) is 5.95 Å². The van der Waals surface area contributed by atoms with E-state index in [0.29, 0.717) is 0 Å². The first-order chi connectivity index (χ1) is 8.42. The molecule has 7 heteroatoms. The second-order valence-electron chi connectivity index (χ2n) is 5.24. The summed E-state index contributed by atoms with van der Waals surface area (Å²) < 4.78 is 26.2. The molecule has 1 aromatic rings. The summed E-state index contributed by atoms with van der Waals surface area (Å²) in [5.74, 6) is 0.584. The van der Waals surface area contributed by atoms with Gasteiger partial charge in [0.25, 0.3) is 5.16 Å². The fraction of sp³-hybridized carbons (Fsp3) is 0.818. The minimum Gasteiger partial charge on any atom is -0.368 e. The summed E-state index contributed by atoms with van der Waals surface area (Å²) >= 11 is 0. The van der Waals surface area contributed by atoms with Crippen LogP contribution in [-0.2, 0) is 9.84 Å². The van der Waals surface area contributed by atoms with Crippen LogP contribution in [0.15, 0.2) is 5.16 Å². The quantitative estimate of drug-likeness (QED) is 0.894. The summed E-state index contributed by atoms with van der Waals surface area (Å²) in [5.41, 5.74) is 5.67. The Bertz CT molecular complexity index is 515. The molecule has 0 radical (unpaired) electrons. The molecule has 0 unspecified atom stereocenters. The molecule has 0 amide bonds. The van der Waals surface area contributed by atoms with E-state index in [1.165, 1.54) is 4.57 Å². The highest BCUT2D eigenvalue weighted by Crippen LogP contribution is 2.28. The van der Waals surface area contributed by atoms with Gasteiger partial charge in [0.1, 0.15) is 0 Å². The largest absolute Gasteiger partial charge is 0.368 e. The lowest BCUT2D eigenvalue weighted by molar-refractivity contribution is 0.513. The normalized spacial score (nSPS) is 17.7.